The zero-order valence-electron chi connectivity index (χ0n) is 3.76. The number of rotatable bonds is 0. The molecule has 0 saturated carbocycles. The second-order valence-corrected chi connectivity index (χ2v) is 2.69. The van der Waals surface area contributed by atoms with Crippen LogP contribution in [0.2, 0.25) is 0 Å². The fraction of sp³-hybridized carbons (Fsp3) is 0.200. The van der Waals surface area contributed by atoms with Gasteiger partial charge in [-0.15, -0.1) is 23.5 Å². The van der Waals surface area contributed by atoms with Crippen LogP contribution in [-0.4, -0.2) is 5.75 Å². The molecule has 0 aromatic carbocycles. The Labute approximate surface area is 52.1 Å². The molecular formula is C5H5S2. The molecular weight excluding hydrogens is 124 g/mol. The first-order chi connectivity index (χ1) is 3.50. The molecule has 1 heterocycles. The molecule has 7 heavy (non-hydrogen) atoms. The average molecular weight is 129 g/mol. The highest BCUT2D eigenvalue weighted by Gasteiger charge is 1.81. The third kappa shape index (κ3) is 2.09. The molecule has 1 rings (SSSR count). The number of hydrogen-bond donors (Lipinski definition) is 0. The van der Waals surface area contributed by atoms with E-state index < -0.39 is 0 Å². The molecule has 37 valence electrons. The normalized spacial score (nSPS) is 19.4. The zero-order chi connectivity index (χ0) is 4.95. The third-order valence-corrected chi connectivity index (χ3v) is 1.95. The van der Waals surface area contributed by atoms with Crippen molar-refractivity contribution < 1.29 is 0 Å². The first kappa shape index (κ1) is 5.32. The van der Waals surface area contributed by atoms with Crippen molar-refractivity contribution >= 4 is 23.5 Å². The predicted molar refractivity (Wildman–Crippen MR) is 37.0 cm³/mol. The first-order valence-corrected chi connectivity index (χ1v) is 3.92. The van der Waals surface area contributed by atoms with E-state index in [2.05, 4.69) is 16.9 Å². The van der Waals surface area contributed by atoms with Gasteiger partial charge in [0.2, 0.25) is 0 Å². The summed E-state index contributed by atoms with van der Waals surface area (Å²) in [6.07, 6.45) is 2.13. The standard InChI is InChI=1S/C5H5S2/c1-2-6-4-5-7-3-1/h1-2,4H,3H2. The van der Waals surface area contributed by atoms with E-state index in [4.69, 9.17) is 0 Å². The fourth-order valence-electron chi connectivity index (χ4n) is 0.292. The molecule has 0 saturated heterocycles. The van der Waals surface area contributed by atoms with Gasteiger partial charge in [-0.1, -0.05) is 6.08 Å². The smallest absolute Gasteiger partial charge is 0.0283 e. The van der Waals surface area contributed by atoms with Gasteiger partial charge in [-0.05, 0) is 10.8 Å². The number of thioether (sulfide) groups is 2. The van der Waals surface area contributed by atoms with Crippen molar-refractivity contribution in [2.75, 3.05) is 5.75 Å². The molecule has 0 unspecified atom stereocenters. The Morgan fingerprint density at radius 2 is 2.57 bits per heavy atom. The molecule has 0 amide bonds. The fourth-order valence-corrected chi connectivity index (χ4v) is 1.48. The lowest BCUT2D eigenvalue weighted by Gasteiger charge is -1.75. The lowest BCUT2D eigenvalue weighted by Crippen LogP contribution is -1.58. The molecule has 0 spiro atoms. The molecule has 1 radical (unpaired) electrons. The van der Waals surface area contributed by atoms with Gasteiger partial charge in [0, 0.05) is 11.2 Å². The molecule has 0 nitrogen and oxygen atoms in total. The average Bonchev–Trinajstić information content (AvgIpc) is 1.90. The maximum Gasteiger partial charge on any atom is 0.0283 e. The molecule has 0 atom stereocenters. The van der Waals surface area contributed by atoms with E-state index in [1.54, 1.807) is 23.5 Å². The van der Waals surface area contributed by atoms with Crippen molar-refractivity contribution in [1.29, 1.82) is 0 Å². The van der Waals surface area contributed by atoms with Crippen LogP contribution in [0.4, 0.5) is 0 Å². The summed E-state index contributed by atoms with van der Waals surface area (Å²) < 4.78 is 0. The van der Waals surface area contributed by atoms with Crippen molar-refractivity contribution in [3.05, 3.63) is 22.3 Å². The highest BCUT2D eigenvalue weighted by atomic mass is 32.2. The Bertz CT molecular complexity index is 82.3. The summed E-state index contributed by atoms with van der Waals surface area (Å²) in [6, 6.07) is 0. The SMILES string of the molecule is [C]1=CSC=CCS1. The van der Waals surface area contributed by atoms with E-state index in [1.165, 1.54) is 0 Å². The summed E-state index contributed by atoms with van der Waals surface area (Å²) in [5.74, 6) is 1.07. The predicted octanol–water partition coefficient (Wildman–Crippen LogP) is 2.25. The van der Waals surface area contributed by atoms with Gasteiger partial charge in [0.05, 0.1) is 0 Å². The summed E-state index contributed by atoms with van der Waals surface area (Å²) >= 11 is 3.38. The quantitative estimate of drug-likeness (QED) is 0.492. The summed E-state index contributed by atoms with van der Waals surface area (Å²) in [4.78, 5) is 0. The number of hydrogen-bond acceptors (Lipinski definition) is 2. The second kappa shape index (κ2) is 3.22. The van der Waals surface area contributed by atoms with Gasteiger partial charge in [-0.3, -0.25) is 0 Å². The van der Waals surface area contributed by atoms with E-state index >= 15 is 0 Å². The summed E-state index contributed by atoms with van der Waals surface area (Å²) in [6.45, 7) is 0. The molecule has 0 aliphatic carbocycles. The van der Waals surface area contributed by atoms with E-state index in [-0.39, 0.29) is 0 Å². The lowest BCUT2D eigenvalue weighted by molar-refractivity contribution is 1.82. The van der Waals surface area contributed by atoms with Crippen LogP contribution in [0.5, 0.6) is 0 Å². The third-order valence-electron chi connectivity index (χ3n) is 0.554. The monoisotopic (exact) mass is 129 g/mol. The van der Waals surface area contributed by atoms with Gasteiger partial charge >= 0.3 is 0 Å². The minimum absolute atomic E-state index is 1.07. The Kier molecular flexibility index (Phi) is 2.44. The summed E-state index contributed by atoms with van der Waals surface area (Å²) in [5, 5.41) is 7.08. The largest absolute Gasteiger partial charge is 0.120 e. The van der Waals surface area contributed by atoms with Crippen LogP contribution in [0.15, 0.2) is 16.9 Å². The van der Waals surface area contributed by atoms with E-state index in [0.717, 1.165) is 5.75 Å². The van der Waals surface area contributed by atoms with Crippen LogP contribution in [0.25, 0.3) is 0 Å². The molecule has 1 aliphatic rings. The first-order valence-electron chi connectivity index (χ1n) is 1.99. The van der Waals surface area contributed by atoms with Crippen molar-refractivity contribution in [2.45, 2.75) is 0 Å². The van der Waals surface area contributed by atoms with Crippen molar-refractivity contribution in [3.63, 3.8) is 0 Å². The minimum Gasteiger partial charge on any atom is -0.120 e. The van der Waals surface area contributed by atoms with Gasteiger partial charge in [-0.2, -0.15) is 0 Å². The van der Waals surface area contributed by atoms with Gasteiger partial charge in [0.25, 0.3) is 0 Å². The Hall–Kier alpha value is 0.180. The van der Waals surface area contributed by atoms with Crippen LogP contribution in [0.3, 0.4) is 0 Å². The van der Waals surface area contributed by atoms with Gasteiger partial charge in [0.1, 0.15) is 0 Å². The molecule has 0 fully saturated rings. The summed E-state index contributed by atoms with van der Waals surface area (Å²) in [5.41, 5.74) is 0. The molecule has 2 heteroatoms. The van der Waals surface area contributed by atoms with Crippen LogP contribution in [0.1, 0.15) is 0 Å². The van der Waals surface area contributed by atoms with E-state index in [9.17, 15) is 0 Å². The lowest BCUT2D eigenvalue weighted by atomic mass is 10.8. The van der Waals surface area contributed by atoms with Crippen LogP contribution >= 0.6 is 23.5 Å². The van der Waals surface area contributed by atoms with E-state index in [0.29, 0.717) is 0 Å². The van der Waals surface area contributed by atoms with Crippen LogP contribution < -0.4 is 0 Å². The van der Waals surface area contributed by atoms with Gasteiger partial charge in [-0.25, -0.2) is 0 Å². The molecule has 0 bridgehead atoms. The minimum atomic E-state index is 1.07. The topological polar surface area (TPSA) is 0 Å². The van der Waals surface area contributed by atoms with Gasteiger partial charge < -0.3 is 0 Å². The Balaban J connectivity index is 2.38. The molecule has 1 aliphatic heterocycles. The molecule has 0 aromatic heterocycles. The highest BCUT2D eigenvalue weighted by molar-refractivity contribution is 8.07. The van der Waals surface area contributed by atoms with E-state index in [1.807, 2.05) is 5.41 Å². The van der Waals surface area contributed by atoms with Crippen molar-refractivity contribution in [2.24, 2.45) is 0 Å². The Morgan fingerprint density at radius 1 is 1.57 bits per heavy atom. The van der Waals surface area contributed by atoms with Crippen LogP contribution in [-0.2, 0) is 0 Å². The Morgan fingerprint density at radius 3 is 3.57 bits per heavy atom. The maximum absolute atomic E-state index is 3.04. The second-order valence-electron chi connectivity index (χ2n) is 1.05. The maximum atomic E-state index is 3.04. The summed E-state index contributed by atoms with van der Waals surface area (Å²) in [7, 11) is 0. The van der Waals surface area contributed by atoms with Crippen molar-refractivity contribution in [1.82, 2.24) is 0 Å². The molecule has 0 N–H and O–H groups in total. The van der Waals surface area contributed by atoms with Crippen molar-refractivity contribution in [3.8, 4) is 0 Å². The van der Waals surface area contributed by atoms with Crippen LogP contribution in [0, 0.1) is 5.41 Å². The highest BCUT2D eigenvalue weighted by Crippen LogP contribution is 2.13. The zero-order valence-corrected chi connectivity index (χ0v) is 5.39. The van der Waals surface area contributed by atoms with Gasteiger partial charge in [0.15, 0.2) is 0 Å². The molecule has 0 aromatic rings.